The van der Waals surface area contributed by atoms with Crippen molar-refractivity contribution >= 4 is 29.1 Å². The second-order valence-electron chi connectivity index (χ2n) is 6.20. The topological polar surface area (TPSA) is 49.3 Å². The summed E-state index contributed by atoms with van der Waals surface area (Å²) in [6, 6.07) is 18.6. The van der Waals surface area contributed by atoms with Gasteiger partial charge in [0.05, 0.1) is 0 Å². The molecular weight excluding hydrogens is 342 g/mol. The fourth-order valence-electron chi connectivity index (χ4n) is 2.73. The van der Waals surface area contributed by atoms with Crippen LogP contribution in [-0.2, 0) is 11.3 Å². The largest absolute Gasteiger partial charge is 0.478 e. The summed E-state index contributed by atoms with van der Waals surface area (Å²) >= 11 is 1.73. The molecule has 2 aromatic carbocycles. The summed E-state index contributed by atoms with van der Waals surface area (Å²) in [7, 11) is 0. The highest BCUT2D eigenvalue weighted by Gasteiger charge is 2.07. The quantitative estimate of drug-likeness (QED) is 0.542. The summed E-state index contributed by atoms with van der Waals surface area (Å²) in [5, 5.41) is 14.7. The molecule has 0 fully saturated rings. The molecule has 1 heterocycles. The van der Waals surface area contributed by atoms with Gasteiger partial charge in [0.15, 0.2) is 0 Å². The molecule has 4 heteroatoms. The van der Waals surface area contributed by atoms with Crippen LogP contribution in [0.4, 0.5) is 5.69 Å². The Bertz CT molecular complexity index is 925. The Morgan fingerprint density at radius 3 is 2.54 bits per heavy atom. The summed E-state index contributed by atoms with van der Waals surface area (Å²) in [5.74, 6) is -0.900. The summed E-state index contributed by atoms with van der Waals surface area (Å²) in [4.78, 5) is 12.4. The molecule has 132 valence electrons. The van der Waals surface area contributed by atoms with Crippen molar-refractivity contribution in [1.82, 2.24) is 0 Å². The van der Waals surface area contributed by atoms with Gasteiger partial charge in [-0.05, 0) is 54.1 Å². The standard InChI is InChI=1S/C22H21NO2S/c1-15-5-3-6-20(19(15)13-16(2)22(24)25)23-14-17-8-10-18(11-9-17)21-7-4-12-26-21/h3-13,23H,14H2,1-2H3,(H,24,25)/b16-13+. The summed E-state index contributed by atoms with van der Waals surface area (Å²) < 4.78 is 0. The third-order valence-corrected chi connectivity index (χ3v) is 5.18. The van der Waals surface area contributed by atoms with E-state index >= 15 is 0 Å². The third kappa shape index (κ3) is 4.21. The molecule has 0 bridgehead atoms. The van der Waals surface area contributed by atoms with Gasteiger partial charge in [-0.1, -0.05) is 42.5 Å². The summed E-state index contributed by atoms with van der Waals surface area (Å²) in [5.41, 5.74) is 5.62. The van der Waals surface area contributed by atoms with E-state index in [-0.39, 0.29) is 0 Å². The molecule has 3 rings (SSSR count). The van der Waals surface area contributed by atoms with Crippen LogP contribution in [0.5, 0.6) is 0 Å². The zero-order valence-electron chi connectivity index (χ0n) is 14.8. The molecule has 0 aliphatic heterocycles. The van der Waals surface area contributed by atoms with Crippen LogP contribution in [0.1, 0.15) is 23.6 Å². The van der Waals surface area contributed by atoms with E-state index in [1.54, 1.807) is 24.3 Å². The lowest BCUT2D eigenvalue weighted by molar-refractivity contribution is -0.132. The lowest BCUT2D eigenvalue weighted by Gasteiger charge is -2.13. The maximum atomic E-state index is 11.1. The van der Waals surface area contributed by atoms with Crippen LogP contribution in [0, 0.1) is 6.92 Å². The van der Waals surface area contributed by atoms with E-state index in [4.69, 9.17) is 5.11 Å². The fraction of sp³-hybridized carbons (Fsp3) is 0.136. The highest BCUT2D eigenvalue weighted by Crippen LogP contribution is 2.26. The first-order chi connectivity index (χ1) is 12.5. The van der Waals surface area contributed by atoms with Crippen molar-refractivity contribution in [2.45, 2.75) is 20.4 Å². The minimum atomic E-state index is -0.900. The second kappa shape index (κ2) is 8.02. The molecule has 3 nitrogen and oxygen atoms in total. The molecule has 0 saturated carbocycles. The molecule has 0 spiro atoms. The number of nitrogens with one attached hydrogen (secondary N) is 1. The van der Waals surface area contributed by atoms with Crippen LogP contribution in [0.3, 0.4) is 0 Å². The van der Waals surface area contributed by atoms with Gasteiger partial charge in [0.25, 0.3) is 0 Å². The molecule has 2 N–H and O–H groups in total. The molecule has 0 radical (unpaired) electrons. The van der Waals surface area contributed by atoms with E-state index in [0.717, 1.165) is 16.8 Å². The van der Waals surface area contributed by atoms with Gasteiger partial charge in [0.1, 0.15) is 0 Å². The Morgan fingerprint density at radius 2 is 1.88 bits per heavy atom. The Balaban J connectivity index is 1.77. The van der Waals surface area contributed by atoms with Crippen LogP contribution in [0.25, 0.3) is 16.5 Å². The number of aryl methyl sites for hydroxylation is 1. The minimum Gasteiger partial charge on any atom is -0.478 e. The van der Waals surface area contributed by atoms with Gasteiger partial charge < -0.3 is 10.4 Å². The van der Waals surface area contributed by atoms with Crippen LogP contribution in [0.2, 0.25) is 0 Å². The summed E-state index contributed by atoms with van der Waals surface area (Å²) in [6.45, 7) is 4.28. The van der Waals surface area contributed by atoms with E-state index < -0.39 is 5.97 Å². The van der Waals surface area contributed by atoms with Crippen molar-refractivity contribution in [3.05, 3.63) is 82.2 Å². The van der Waals surface area contributed by atoms with Gasteiger partial charge in [-0.2, -0.15) is 0 Å². The zero-order valence-corrected chi connectivity index (χ0v) is 15.6. The second-order valence-corrected chi connectivity index (χ2v) is 7.14. The van der Waals surface area contributed by atoms with Crippen molar-refractivity contribution in [1.29, 1.82) is 0 Å². The van der Waals surface area contributed by atoms with Gasteiger partial charge in [-0.3, -0.25) is 0 Å². The van der Waals surface area contributed by atoms with Crippen molar-refractivity contribution in [3.8, 4) is 10.4 Å². The maximum absolute atomic E-state index is 11.1. The number of hydrogen-bond donors (Lipinski definition) is 2. The first-order valence-electron chi connectivity index (χ1n) is 8.42. The van der Waals surface area contributed by atoms with E-state index in [1.807, 2.05) is 25.1 Å². The molecular formula is C22H21NO2S. The van der Waals surface area contributed by atoms with E-state index in [9.17, 15) is 4.79 Å². The molecule has 1 aromatic heterocycles. The van der Waals surface area contributed by atoms with Crippen molar-refractivity contribution in [2.24, 2.45) is 0 Å². The van der Waals surface area contributed by atoms with Gasteiger partial charge in [-0.25, -0.2) is 4.79 Å². The SMILES string of the molecule is C/C(=C\c1c(C)cccc1NCc1ccc(-c2cccs2)cc1)C(=O)O. The first kappa shape index (κ1) is 18.0. The number of thiophene rings is 1. The Kier molecular flexibility index (Phi) is 5.54. The van der Waals surface area contributed by atoms with Crippen molar-refractivity contribution in [3.63, 3.8) is 0 Å². The fourth-order valence-corrected chi connectivity index (χ4v) is 3.46. The van der Waals surface area contributed by atoms with Gasteiger partial charge in [-0.15, -0.1) is 11.3 Å². The zero-order chi connectivity index (χ0) is 18.5. The molecule has 0 aliphatic carbocycles. The van der Waals surface area contributed by atoms with Crippen LogP contribution >= 0.6 is 11.3 Å². The molecule has 0 atom stereocenters. The smallest absolute Gasteiger partial charge is 0.331 e. The van der Waals surface area contributed by atoms with E-state index in [1.165, 1.54) is 16.0 Å². The van der Waals surface area contributed by atoms with Gasteiger partial charge in [0.2, 0.25) is 0 Å². The number of carboxylic acid groups (broad SMARTS) is 1. The number of aliphatic carboxylic acids is 1. The molecule has 0 saturated heterocycles. The minimum absolute atomic E-state index is 0.322. The maximum Gasteiger partial charge on any atom is 0.331 e. The van der Waals surface area contributed by atoms with Gasteiger partial charge >= 0.3 is 5.97 Å². The Hall–Kier alpha value is -2.85. The third-order valence-electron chi connectivity index (χ3n) is 4.26. The monoisotopic (exact) mass is 363 g/mol. The average molecular weight is 363 g/mol. The van der Waals surface area contributed by atoms with Crippen LogP contribution in [0.15, 0.2) is 65.6 Å². The predicted molar refractivity (Wildman–Crippen MR) is 110 cm³/mol. The lowest BCUT2D eigenvalue weighted by Crippen LogP contribution is -2.03. The van der Waals surface area contributed by atoms with E-state index in [2.05, 4.69) is 47.1 Å². The number of rotatable bonds is 6. The lowest BCUT2D eigenvalue weighted by atomic mass is 10.0. The number of anilines is 1. The van der Waals surface area contributed by atoms with Crippen molar-refractivity contribution in [2.75, 3.05) is 5.32 Å². The predicted octanol–water partition coefficient (Wildman–Crippen LogP) is 5.82. The molecule has 26 heavy (non-hydrogen) atoms. The number of benzene rings is 2. The molecule has 3 aromatic rings. The highest BCUT2D eigenvalue weighted by atomic mass is 32.1. The van der Waals surface area contributed by atoms with E-state index in [0.29, 0.717) is 12.1 Å². The number of hydrogen-bond acceptors (Lipinski definition) is 3. The normalized spacial score (nSPS) is 11.4. The Morgan fingerprint density at radius 1 is 1.12 bits per heavy atom. The van der Waals surface area contributed by atoms with Gasteiger partial charge in [0, 0.05) is 28.2 Å². The highest BCUT2D eigenvalue weighted by molar-refractivity contribution is 7.13. The van der Waals surface area contributed by atoms with Crippen molar-refractivity contribution < 1.29 is 9.90 Å². The number of carbonyl (C=O) groups is 1. The first-order valence-corrected chi connectivity index (χ1v) is 9.30. The summed E-state index contributed by atoms with van der Waals surface area (Å²) in [6.07, 6.45) is 1.72. The Labute approximate surface area is 157 Å². The number of carboxylic acids is 1. The molecule has 0 amide bonds. The molecule has 0 unspecified atom stereocenters. The van der Waals surface area contributed by atoms with Crippen LogP contribution < -0.4 is 5.32 Å². The van der Waals surface area contributed by atoms with Crippen LogP contribution in [-0.4, -0.2) is 11.1 Å². The average Bonchev–Trinajstić information content (AvgIpc) is 3.17. The molecule has 0 aliphatic rings.